The first-order valence-electron chi connectivity index (χ1n) is 4.99. The highest BCUT2D eigenvalue weighted by atomic mass is 35.5. The van der Waals surface area contributed by atoms with Gasteiger partial charge in [-0.25, -0.2) is 0 Å². The molecule has 1 N–H and O–H groups in total. The first-order valence-corrected chi connectivity index (χ1v) is 5.37. The van der Waals surface area contributed by atoms with Crippen molar-refractivity contribution in [2.45, 2.75) is 11.5 Å². The van der Waals surface area contributed by atoms with Crippen LogP contribution in [0, 0.1) is 0 Å². The maximum atomic E-state index is 12.0. The van der Waals surface area contributed by atoms with Crippen molar-refractivity contribution in [1.82, 2.24) is 0 Å². The minimum atomic E-state index is -1.35. The molecule has 1 atom stereocenters. The van der Waals surface area contributed by atoms with Crippen molar-refractivity contribution in [1.29, 1.82) is 0 Å². The molecule has 2 nitrogen and oxygen atoms in total. The summed E-state index contributed by atoms with van der Waals surface area (Å²) >= 11 is 5.70. The molecule has 0 bridgehead atoms. The van der Waals surface area contributed by atoms with Crippen LogP contribution in [0.3, 0.4) is 0 Å². The zero-order valence-electron chi connectivity index (χ0n) is 8.56. The lowest BCUT2D eigenvalue weighted by atomic mass is 9.97. The molecule has 0 radical (unpaired) electrons. The van der Waals surface area contributed by atoms with Gasteiger partial charge in [0.1, 0.15) is 0 Å². The van der Waals surface area contributed by atoms with Crippen molar-refractivity contribution >= 4 is 17.4 Å². The van der Waals surface area contributed by atoms with Gasteiger partial charge in [-0.05, 0) is 6.08 Å². The van der Waals surface area contributed by atoms with Gasteiger partial charge >= 0.3 is 0 Å². The lowest BCUT2D eigenvalue weighted by Gasteiger charge is -2.18. The van der Waals surface area contributed by atoms with Gasteiger partial charge in [-0.1, -0.05) is 54.1 Å². The van der Waals surface area contributed by atoms with Crippen LogP contribution in [0.15, 0.2) is 54.1 Å². The van der Waals surface area contributed by atoms with Crippen molar-refractivity contribution in [3.8, 4) is 0 Å². The number of halogens is 1. The minimum absolute atomic E-state index is 0.0518. The van der Waals surface area contributed by atoms with Crippen LogP contribution in [0.2, 0.25) is 0 Å². The molecule has 0 heterocycles. The average molecular weight is 235 g/mol. The highest BCUT2D eigenvalue weighted by Gasteiger charge is 2.23. The Kier molecular flexibility index (Phi) is 2.95. The third-order valence-corrected chi connectivity index (χ3v) is 2.70. The number of hydrogen-bond acceptors (Lipinski definition) is 2. The number of rotatable bonds is 2. The fourth-order valence-electron chi connectivity index (χ4n) is 1.53. The lowest BCUT2D eigenvalue weighted by molar-refractivity contribution is 0.103. The van der Waals surface area contributed by atoms with E-state index in [1.807, 2.05) is 18.2 Å². The van der Waals surface area contributed by atoms with E-state index in [2.05, 4.69) is 0 Å². The van der Waals surface area contributed by atoms with Crippen molar-refractivity contribution in [2.75, 3.05) is 0 Å². The number of Topliss-reactive ketones (excluding diaryl/α,β-unsaturated/α-hetero) is 1. The van der Waals surface area contributed by atoms with Gasteiger partial charge in [0, 0.05) is 17.6 Å². The Bertz CT molecular complexity index is 458. The van der Waals surface area contributed by atoms with Crippen molar-refractivity contribution < 1.29 is 9.90 Å². The first-order chi connectivity index (χ1) is 7.58. The molecule has 2 rings (SSSR count). The molecule has 0 spiro atoms. The Morgan fingerprint density at radius 3 is 2.56 bits per heavy atom. The molecule has 16 heavy (non-hydrogen) atoms. The maximum absolute atomic E-state index is 12.0. The summed E-state index contributed by atoms with van der Waals surface area (Å²) in [4.78, 5) is 12.0. The van der Waals surface area contributed by atoms with Crippen LogP contribution in [0.4, 0.5) is 0 Å². The van der Waals surface area contributed by atoms with Gasteiger partial charge in [0.2, 0.25) is 0 Å². The summed E-state index contributed by atoms with van der Waals surface area (Å²) in [6.07, 6.45) is 4.90. The van der Waals surface area contributed by atoms with E-state index in [1.165, 1.54) is 6.08 Å². The van der Waals surface area contributed by atoms with Crippen LogP contribution >= 0.6 is 11.6 Å². The van der Waals surface area contributed by atoms with E-state index in [0.29, 0.717) is 11.1 Å². The molecule has 3 heteroatoms. The second kappa shape index (κ2) is 4.24. The van der Waals surface area contributed by atoms with Gasteiger partial charge in [0.15, 0.2) is 10.8 Å². The molecule has 0 aliphatic heterocycles. The van der Waals surface area contributed by atoms with Gasteiger partial charge in [0.25, 0.3) is 0 Å². The molecule has 1 aromatic rings. The molecule has 1 aromatic carbocycles. The number of ketones is 1. The molecular weight excluding hydrogens is 224 g/mol. The molecule has 1 unspecified atom stereocenters. The highest BCUT2D eigenvalue weighted by Crippen LogP contribution is 2.26. The summed E-state index contributed by atoms with van der Waals surface area (Å²) in [5, 5.41) is 8.12. The van der Waals surface area contributed by atoms with Crippen LogP contribution in [-0.2, 0) is 0 Å². The maximum Gasteiger partial charge on any atom is 0.192 e. The zero-order chi connectivity index (χ0) is 11.6. The quantitative estimate of drug-likeness (QED) is 0.631. The van der Waals surface area contributed by atoms with E-state index < -0.39 is 5.06 Å². The summed E-state index contributed by atoms with van der Waals surface area (Å²) in [6, 6.07) is 9.02. The number of alkyl halides is 1. The second-order valence-electron chi connectivity index (χ2n) is 3.71. The summed E-state index contributed by atoms with van der Waals surface area (Å²) in [5.74, 6) is -0.0518. The predicted octanol–water partition coefficient (Wildman–Crippen LogP) is 2.68. The van der Waals surface area contributed by atoms with Crippen molar-refractivity contribution in [2.24, 2.45) is 0 Å². The summed E-state index contributed by atoms with van der Waals surface area (Å²) in [5.41, 5.74) is 1.20. The van der Waals surface area contributed by atoms with Crippen molar-refractivity contribution in [3.63, 3.8) is 0 Å². The number of hydrogen-bond donors (Lipinski definition) is 1. The molecule has 1 aliphatic carbocycles. The van der Waals surface area contributed by atoms with Crippen LogP contribution < -0.4 is 0 Å². The monoisotopic (exact) mass is 234 g/mol. The average Bonchev–Trinajstić information content (AvgIpc) is 2.29. The lowest BCUT2D eigenvalue weighted by Crippen LogP contribution is -2.19. The summed E-state index contributed by atoms with van der Waals surface area (Å²) < 4.78 is 0. The van der Waals surface area contributed by atoms with E-state index in [4.69, 9.17) is 11.6 Å². The summed E-state index contributed by atoms with van der Waals surface area (Å²) in [6.45, 7) is 0. The smallest absolute Gasteiger partial charge is 0.192 e. The van der Waals surface area contributed by atoms with Gasteiger partial charge in [-0.3, -0.25) is 4.79 Å². The van der Waals surface area contributed by atoms with Gasteiger partial charge in [-0.15, -0.1) is 0 Å². The molecule has 0 saturated heterocycles. The van der Waals surface area contributed by atoms with E-state index >= 15 is 0 Å². The molecule has 0 saturated carbocycles. The minimum Gasteiger partial charge on any atom is -0.371 e. The fourth-order valence-corrected chi connectivity index (χ4v) is 1.67. The van der Waals surface area contributed by atoms with Gasteiger partial charge in [0.05, 0.1) is 0 Å². The number of benzene rings is 1. The van der Waals surface area contributed by atoms with E-state index in [9.17, 15) is 9.90 Å². The van der Waals surface area contributed by atoms with Crippen LogP contribution in [0.1, 0.15) is 16.8 Å². The number of allylic oxidation sites excluding steroid dienone is 2. The number of carbonyl (C=O) groups is 1. The SMILES string of the molecule is O=C(C1=CCC(O)(Cl)C=C1)c1ccccc1. The number of aliphatic hydroxyl groups is 1. The standard InChI is InChI=1S/C13H11ClO2/c14-13(16)8-6-11(7-9-13)12(15)10-4-2-1-3-5-10/h1-8,16H,9H2. The zero-order valence-corrected chi connectivity index (χ0v) is 9.32. The summed E-state index contributed by atoms with van der Waals surface area (Å²) in [7, 11) is 0. The highest BCUT2D eigenvalue weighted by molar-refractivity contribution is 6.24. The Morgan fingerprint density at radius 2 is 2.00 bits per heavy atom. The second-order valence-corrected chi connectivity index (χ2v) is 4.37. The molecule has 0 fully saturated rings. The Hall–Kier alpha value is -1.38. The molecule has 0 amide bonds. The van der Waals surface area contributed by atoms with Crippen LogP contribution in [0.25, 0.3) is 0 Å². The Morgan fingerprint density at radius 1 is 1.31 bits per heavy atom. The van der Waals surface area contributed by atoms with E-state index in [0.717, 1.165) is 0 Å². The molecule has 0 aromatic heterocycles. The third-order valence-electron chi connectivity index (χ3n) is 2.42. The van der Waals surface area contributed by atoms with Gasteiger partial charge in [-0.2, -0.15) is 0 Å². The van der Waals surface area contributed by atoms with E-state index in [1.54, 1.807) is 24.3 Å². The molecule has 1 aliphatic rings. The topological polar surface area (TPSA) is 37.3 Å². The van der Waals surface area contributed by atoms with E-state index in [-0.39, 0.29) is 12.2 Å². The Labute approximate surface area is 98.9 Å². The van der Waals surface area contributed by atoms with Crippen LogP contribution in [0.5, 0.6) is 0 Å². The molecular formula is C13H11ClO2. The fraction of sp³-hybridized carbons (Fsp3) is 0.154. The van der Waals surface area contributed by atoms with Gasteiger partial charge < -0.3 is 5.11 Å². The van der Waals surface area contributed by atoms with Crippen LogP contribution in [-0.4, -0.2) is 16.0 Å². The Balaban J connectivity index is 2.20. The largest absolute Gasteiger partial charge is 0.371 e. The van der Waals surface area contributed by atoms with Crippen molar-refractivity contribution in [3.05, 3.63) is 59.7 Å². The first kappa shape index (κ1) is 11.1. The number of carbonyl (C=O) groups excluding carboxylic acids is 1. The third kappa shape index (κ3) is 2.40. The predicted molar refractivity (Wildman–Crippen MR) is 63.4 cm³/mol. The normalized spacial score (nSPS) is 24.0. The molecule has 82 valence electrons.